The summed E-state index contributed by atoms with van der Waals surface area (Å²) in [6.07, 6.45) is 1.61. The van der Waals surface area contributed by atoms with Crippen LogP contribution < -0.4 is 20.7 Å². The average Bonchev–Trinajstić information content (AvgIpc) is 3.55. The van der Waals surface area contributed by atoms with Crippen molar-refractivity contribution >= 4 is 69.3 Å². The fraction of sp³-hybridized carbons (Fsp3) is 0.111. The number of carbonyl (C=O) groups is 3. The molecule has 1 heterocycles. The number of rotatable bonds is 12. The van der Waals surface area contributed by atoms with E-state index in [1.807, 2.05) is 61.7 Å². The van der Waals surface area contributed by atoms with Gasteiger partial charge in [0, 0.05) is 32.1 Å². The maximum Gasteiger partial charge on any atom is 0.272 e. The first kappa shape index (κ1) is 33.5. The van der Waals surface area contributed by atoms with Crippen molar-refractivity contribution in [2.45, 2.75) is 24.0 Å². The number of thiazole rings is 1. The lowest BCUT2D eigenvalue weighted by molar-refractivity contribution is -0.115. The first-order valence-corrected chi connectivity index (χ1v) is 16.8. The second kappa shape index (κ2) is 16.1. The first-order valence-electron chi connectivity index (χ1n) is 14.7. The molecule has 0 aliphatic heterocycles. The van der Waals surface area contributed by atoms with Gasteiger partial charge in [-0.1, -0.05) is 54.1 Å². The van der Waals surface area contributed by atoms with Crippen molar-refractivity contribution in [3.8, 4) is 17.0 Å². The number of aromatic nitrogens is 1. The lowest BCUT2D eigenvalue weighted by atomic mass is 10.1. The van der Waals surface area contributed by atoms with E-state index in [2.05, 4.69) is 20.9 Å². The summed E-state index contributed by atoms with van der Waals surface area (Å²) in [5, 5.41) is 11.1. The van der Waals surface area contributed by atoms with E-state index in [1.165, 1.54) is 23.1 Å². The summed E-state index contributed by atoms with van der Waals surface area (Å²) in [6.45, 7) is 4.26. The van der Waals surface area contributed by atoms with Gasteiger partial charge in [-0.15, -0.1) is 23.1 Å². The van der Waals surface area contributed by atoms with E-state index in [9.17, 15) is 14.4 Å². The van der Waals surface area contributed by atoms with Gasteiger partial charge in [-0.25, -0.2) is 4.98 Å². The van der Waals surface area contributed by atoms with Crippen LogP contribution in [0.5, 0.6) is 5.75 Å². The normalized spacial score (nSPS) is 11.8. The van der Waals surface area contributed by atoms with Gasteiger partial charge in [-0.2, -0.15) is 0 Å². The van der Waals surface area contributed by atoms with Crippen molar-refractivity contribution in [2.75, 3.05) is 17.2 Å². The molecular weight excluding hydrogens is 652 g/mol. The molecule has 5 aromatic rings. The third-order valence-electron chi connectivity index (χ3n) is 6.70. The highest BCUT2D eigenvalue weighted by atomic mass is 35.5. The van der Waals surface area contributed by atoms with Crippen molar-refractivity contribution in [2.24, 2.45) is 0 Å². The summed E-state index contributed by atoms with van der Waals surface area (Å²) in [6, 6.07) is 30.4. The van der Waals surface area contributed by atoms with Crippen molar-refractivity contribution in [1.82, 2.24) is 10.3 Å². The molecule has 1 unspecified atom stereocenters. The van der Waals surface area contributed by atoms with E-state index in [0.717, 1.165) is 16.2 Å². The van der Waals surface area contributed by atoms with E-state index in [-0.39, 0.29) is 11.6 Å². The predicted octanol–water partition coefficient (Wildman–Crippen LogP) is 8.39. The highest BCUT2D eigenvalue weighted by molar-refractivity contribution is 8.00. The van der Waals surface area contributed by atoms with Gasteiger partial charge in [0.2, 0.25) is 5.91 Å². The van der Waals surface area contributed by atoms with E-state index < -0.39 is 17.1 Å². The minimum Gasteiger partial charge on any atom is -0.494 e. The first-order chi connectivity index (χ1) is 22.8. The number of thioether (sulfide) groups is 1. The number of anilines is 2. The van der Waals surface area contributed by atoms with Crippen LogP contribution in [-0.4, -0.2) is 34.6 Å². The van der Waals surface area contributed by atoms with Crippen LogP contribution in [0.1, 0.15) is 29.8 Å². The zero-order valence-corrected chi connectivity index (χ0v) is 27.9. The molecule has 5 rings (SSSR count). The van der Waals surface area contributed by atoms with Gasteiger partial charge in [-0.05, 0) is 86.2 Å². The number of hydrogen-bond acceptors (Lipinski definition) is 7. The minimum atomic E-state index is -0.488. The molecule has 3 N–H and O–H groups in total. The van der Waals surface area contributed by atoms with Crippen LogP contribution >= 0.6 is 34.7 Å². The Morgan fingerprint density at radius 1 is 0.915 bits per heavy atom. The van der Waals surface area contributed by atoms with Gasteiger partial charge in [0.1, 0.15) is 11.4 Å². The fourth-order valence-corrected chi connectivity index (χ4v) is 6.02. The number of hydrogen-bond donors (Lipinski definition) is 3. The standard InChI is InChI=1S/C36H31ClN4O4S2/c1-3-45-29-17-9-24(10-18-29)21-31(39-34(43)26-7-5-4-6-8-26)35(44)38-28-15-19-30(20-16-28)47-23(2)33(42)41-36-40-32(22-46-36)25-11-13-27(37)14-12-25/h4-23H,3H2,1-2H3,(H,38,44)(H,39,43)(H,40,41,42)/b31-21-. The zero-order valence-electron chi connectivity index (χ0n) is 25.5. The van der Waals surface area contributed by atoms with Crippen LogP contribution in [0.4, 0.5) is 10.8 Å². The van der Waals surface area contributed by atoms with Crippen LogP contribution in [0.3, 0.4) is 0 Å². The monoisotopic (exact) mass is 682 g/mol. The molecule has 0 aliphatic carbocycles. The molecule has 47 heavy (non-hydrogen) atoms. The molecule has 0 saturated carbocycles. The predicted molar refractivity (Wildman–Crippen MR) is 191 cm³/mol. The van der Waals surface area contributed by atoms with E-state index in [4.69, 9.17) is 16.3 Å². The minimum absolute atomic E-state index is 0.0770. The summed E-state index contributed by atoms with van der Waals surface area (Å²) in [5.41, 5.74) is 3.42. The number of halogens is 1. The van der Waals surface area contributed by atoms with E-state index in [1.54, 1.807) is 66.7 Å². The van der Waals surface area contributed by atoms with Crippen molar-refractivity contribution in [3.05, 3.63) is 130 Å². The van der Waals surface area contributed by atoms with Gasteiger partial charge in [-0.3, -0.25) is 14.4 Å². The Balaban J connectivity index is 1.21. The van der Waals surface area contributed by atoms with Crippen molar-refractivity contribution in [3.63, 3.8) is 0 Å². The number of nitrogens with zero attached hydrogens (tertiary/aromatic N) is 1. The van der Waals surface area contributed by atoms with Crippen LogP contribution in [0.2, 0.25) is 5.02 Å². The molecule has 1 aromatic heterocycles. The molecular formula is C36H31ClN4O4S2. The summed E-state index contributed by atoms with van der Waals surface area (Å²) in [5.74, 6) is -0.364. The molecule has 4 aromatic carbocycles. The molecule has 8 nitrogen and oxygen atoms in total. The van der Waals surface area contributed by atoms with Gasteiger partial charge in [0.05, 0.1) is 17.6 Å². The smallest absolute Gasteiger partial charge is 0.272 e. The van der Waals surface area contributed by atoms with Crippen LogP contribution in [0.15, 0.2) is 119 Å². The molecule has 0 saturated heterocycles. The molecule has 0 radical (unpaired) electrons. The average molecular weight is 683 g/mol. The Morgan fingerprint density at radius 3 is 2.30 bits per heavy atom. The highest BCUT2D eigenvalue weighted by Gasteiger charge is 2.18. The Bertz CT molecular complexity index is 1860. The summed E-state index contributed by atoms with van der Waals surface area (Å²) >= 11 is 8.71. The molecule has 3 amide bonds. The molecule has 0 fully saturated rings. The third-order valence-corrected chi connectivity index (χ3v) is 8.82. The zero-order chi connectivity index (χ0) is 33.2. The van der Waals surface area contributed by atoms with Gasteiger partial charge >= 0.3 is 0 Å². The third kappa shape index (κ3) is 9.55. The Kier molecular flexibility index (Phi) is 11.5. The topological polar surface area (TPSA) is 109 Å². The quantitative estimate of drug-likeness (QED) is 0.0901. The van der Waals surface area contributed by atoms with E-state index >= 15 is 0 Å². The van der Waals surface area contributed by atoms with Crippen LogP contribution in [-0.2, 0) is 9.59 Å². The maximum absolute atomic E-state index is 13.4. The number of ether oxygens (including phenoxy) is 1. The molecule has 0 aliphatic rings. The SMILES string of the molecule is CCOc1ccc(/C=C(\NC(=O)c2ccccc2)C(=O)Nc2ccc(SC(C)C(=O)Nc3nc(-c4ccc(Cl)cc4)cs3)cc2)cc1. The van der Waals surface area contributed by atoms with Gasteiger partial charge in [0.25, 0.3) is 11.8 Å². The molecule has 1 atom stereocenters. The Hall–Kier alpha value is -4.90. The lowest BCUT2D eigenvalue weighted by Gasteiger charge is -2.13. The molecule has 0 bridgehead atoms. The molecule has 238 valence electrons. The van der Waals surface area contributed by atoms with Gasteiger partial charge in [0.15, 0.2) is 5.13 Å². The Morgan fingerprint density at radius 2 is 1.62 bits per heavy atom. The van der Waals surface area contributed by atoms with Crippen LogP contribution in [0.25, 0.3) is 17.3 Å². The van der Waals surface area contributed by atoms with Gasteiger partial charge < -0.3 is 20.7 Å². The largest absolute Gasteiger partial charge is 0.494 e. The second-order valence-electron chi connectivity index (χ2n) is 10.2. The molecule has 0 spiro atoms. The Labute approximate surface area is 286 Å². The molecule has 11 heteroatoms. The number of benzene rings is 4. The second-order valence-corrected chi connectivity index (χ2v) is 12.9. The lowest BCUT2D eigenvalue weighted by Crippen LogP contribution is -2.30. The van der Waals surface area contributed by atoms with Crippen LogP contribution in [0, 0.1) is 0 Å². The van der Waals surface area contributed by atoms with E-state index in [0.29, 0.717) is 39.3 Å². The number of carbonyl (C=O) groups excluding carboxylic acids is 3. The highest BCUT2D eigenvalue weighted by Crippen LogP contribution is 2.29. The van der Waals surface area contributed by atoms with Crippen molar-refractivity contribution in [1.29, 1.82) is 0 Å². The number of nitrogens with one attached hydrogen (secondary N) is 3. The fourth-order valence-electron chi connectivity index (χ4n) is 4.30. The summed E-state index contributed by atoms with van der Waals surface area (Å²) in [7, 11) is 0. The summed E-state index contributed by atoms with van der Waals surface area (Å²) in [4.78, 5) is 44.6. The maximum atomic E-state index is 13.4. The summed E-state index contributed by atoms with van der Waals surface area (Å²) < 4.78 is 5.51. The number of amides is 3. The van der Waals surface area contributed by atoms with Crippen molar-refractivity contribution < 1.29 is 19.1 Å².